The van der Waals surface area contributed by atoms with Gasteiger partial charge in [-0.15, -0.1) is 0 Å². The number of ether oxygens (including phenoxy) is 2. The summed E-state index contributed by atoms with van der Waals surface area (Å²) in [4.78, 5) is 41.5. The first-order valence-electron chi connectivity index (χ1n) is 11.5. The van der Waals surface area contributed by atoms with Gasteiger partial charge < -0.3 is 24.6 Å². The van der Waals surface area contributed by atoms with Crippen LogP contribution in [-0.4, -0.2) is 73.5 Å². The topological polar surface area (TPSA) is 88.2 Å². The lowest BCUT2D eigenvalue weighted by Crippen LogP contribution is -2.48. The van der Waals surface area contributed by atoms with Gasteiger partial charge in [0.25, 0.3) is 11.8 Å². The minimum atomic E-state index is -0.514. The summed E-state index contributed by atoms with van der Waals surface area (Å²) in [5.41, 5.74) is 0.876. The van der Waals surface area contributed by atoms with E-state index in [-0.39, 0.29) is 47.8 Å². The third-order valence-electron chi connectivity index (χ3n) is 6.20. The lowest BCUT2D eigenvalue weighted by molar-refractivity contribution is -0.133. The number of methoxy groups -OCH3 is 1. The molecule has 2 aromatic rings. The number of carbonyl (C=O) groups excluding carboxylic acids is 3. The second-order valence-corrected chi connectivity index (χ2v) is 8.94. The lowest BCUT2D eigenvalue weighted by atomic mass is 10.0. The Balaban J connectivity index is 1.94. The van der Waals surface area contributed by atoms with Crippen molar-refractivity contribution >= 4 is 23.4 Å². The molecule has 0 bridgehead atoms. The predicted octanol–water partition coefficient (Wildman–Crippen LogP) is 3.43. The van der Waals surface area contributed by atoms with Crippen LogP contribution in [0.3, 0.4) is 0 Å². The van der Waals surface area contributed by atoms with Crippen LogP contribution in [0, 0.1) is 11.7 Å². The van der Waals surface area contributed by atoms with E-state index in [2.05, 4.69) is 5.32 Å². The standard InChI is InChI=1S/C26H32FN3O5/c1-16-13-30(18(3)31)17(2)15-35-23-12-21(28-25(32)19-7-6-8-20(27)11-19)9-10-22(23)26(33)29(4)14-24(16)34-5/h6-12,16-17,24H,13-15H2,1-5H3,(H,28,32)/t16-,17+,24-/m1/s1. The van der Waals surface area contributed by atoms with E-state index in [1.54, 1.807) is 42.2 Å². The molecule has 0 saturated carbocycles. The molecule has 1 aliphatic rings. The number of likely N-dealkylation sites (N-methyl/N-ethyl adjacent to an activating group) is 1. The van der Waals surface area contributed by atoms with Gasteiger partial charge in [-0.3, -0.25) is 14.4 Å². The molecule has 0 fully saturated rings. The molecule has 1 aliphatic heterocycles. The molecule has 2 aromatic carbocycles. The molecule has 0 saturated heterocycles. The molecule has 0 aromatic heterocycles. The fourth-order valence-corrected chi connectivity index (χ4v) is 4.12. The average molecular weight is 486 g/mol. The molecule has 3 amide bonds. The SMILES string of the molecule is CO[C@@H]1CN(C)C(=O)c2ccc(NC(=O)c3cccc(F)c3)cc2OC[C@H](C)N(C(C)=O)C[C@H]1C. The molecule has 0 radical (unpaired) electrons. The zero-order valence-electron chi connectivity index (χ0n) is 20.7. The van der Waals surface area contributed by atoms with Crippen molar-refractivity contribution in [2.75, 3.05) is 39.2 Å². The van der Waals surface area contributed by atoms with Gasteiger partial charge in [-0.1, -0.05) is 13.0 Å². The van der Waals surface area contributed by atoms with E-state index in [1.807, 2.05) is 13.8 Å². The van der Waals surface area contributed by atoms with Crippen LogP contribution in [0.2, 0.25) is 0 Å². The van der Waals surface area contributed by atoms with Gasteiger partial charge in [-0.2, -0.15) is 0 Å². The first-order chi connectivity index (χ1) is 16.6. The molecule has 0 unspecified atom stereocenters. The summed E-state index contributed by atoms with van der Waals surface area (Å²) in [5.74, 6) is -1.08. The Morgan fingerprint density at radius 1 is 1.14 bits per heavy atom. The fourth-order valence-electron chi connectivity index (χ4n) is 4.12. The number of amides is 3. The highest BCUT2D eigenvalue weighted by Gasteiger charge is 2.29. The maximum atomic E-state index is 13.5. The van der Waals surface area contributed by atoms with Crippen LogP contribution >= 0.6 is 0 Å². The van der Waals surface area contributed by atoms with E-state index in [4.69, 9.17) is 9.47 Å². The second kappa shape index (κ2) is 11.3. The number of hydrogen-bond acceptors (Lipinski definition) is 5. The number of nitrogens with one attached hydrogen (secondary N) is 1. The van der Waals surface area contributed by atoms with Crippen LogP contribution in [0.1, 0.15) is 41.5 Å². The molecular weight excluding hydrogens is 453 g/mol. The van der Waals surface area contributed by atoms with Crippen LogP contribution in [0.25, 0.3) is 0 Å². The molecule has 0 spiro atoms. The summed E-state index contributed by atoms with van der Waals surface area (Å²) < 4.78 is 25.2. The van der Waals surface area contributed by atoms with E-state index in [0.29, 0.717) is 24.3 Å². The highest BCUT2D eigenvalue weighted by atomic mass is 19.1. The Labute approximate surface area is 205 Å². The molecule has 1 heterocycles. The van der Waals surface area contributed by atoms with Crippen molar-refractivity contribution in [3.8, 4) is 5.75 Å². The highest BCUT2D eigenvalue weighted by molar-refractivity contribution is 6.05. The maximum absolute atomic E-state index is 13.5. The van der Waals surface area contributed by atoms with E-state index in [1.165, 1.54) is 25.1 Å². The fraction of sp³-hybridized carbons (Fsp3) is 0.423. The number of anilines is 1. The molecule has 3 rings (SSSR count). The van der Waals surface area contributed by atoms with Gasteiger partial charge in [0.05, 0.1) is 17.7 Å². The highest BCUT2D eigenvalue weighted by Crippen LogP contribution is 2.27. The predicted molar refractivity (Wildman–Crippen MR) is 130 cm³/mol. The van der Waals surface area contributed by atoms with Crippen LogP contribution in [0.5, 0.6) is 5.75 Å². The van der Waals surface area contributed by atoms with E-state index in [0.717, 1.165) is 6.07 Å². The molecule has 8 nitrogen and oxygen atoms in total. The van der Waals surface area contributed by atoms with E-state index < -0.39 is 11.7 Å². The number of carbonyl (C=O) groups is 3. The van der Waals surface area contributed by atoms with Crippen molar-refractivity contribution in [1.82, 2.24) is 9.80 Å². The Hall–Kier alpha value is -3.46. The van der Waals surface area contributed by atoms with Crippen molar-refractivity contribution in [2.45, 2.75) is 32.9 Å². The summed E-state index contributed by atoms with van der Waals surface area (Å²) in [6, 6.07) is 9.84. The number of fused-ring (bicyclic) bond motifs is 1. The van der Waals surface area contributed by atoms with Crippen molar-refractivity contribution in [3.63, 3.8) is 0 Å². The summed E-state index contributed by atoms with van der Waals surface area (Å²) >= 11 is 0. The Bertz CT molecular complexity index is 1090. The number of rotatable bonds is 3. The third-order valence-corrected chi connectivity index (χ3v) is 6.20. The Morgan fingerprint density at radius 3 is 2.54 bits per heavy atom. The van der Waals surface area contributed by atoms with Crippen LogP contribution in [0.4, 0.5) is 10.1 Å². The number of halogens is 1. The number of hydrogen-bond donors (Lipinski definition) is 1. The normalized spacial score (nSPS) is 21.3. The van der Waals surface area contributed by atoms with Gasteiger partial charge in [0, 0.05) is 57.4 Å². The number of benzene rings is 2. The van der Waals surface area contributed by atoms with Gasteiger partial charge in [0.2, 0.25) is 5.91 Å². The quantitative estimate of drug-likeness (QED) is 0.720. The average Bonchev–Trinajstić information content (AvgIpc) is 2.82. The summed E-state index contributed by atoms with van der Waals surface area (Å²) in [6.45, 7) is 6.31. The van der Waals surface area contributed by atoms with Crippen molar-refractivity contribution < 1.29 is 28.2 Å². The molecule has 9 heteroatoms. The van der Waals surface area contributed by atoms with Crippen molar-refractivity contribution in [1.29, 1.82) is 0 Å². The molecular formula is C26H32FN3O5. The van der Waals surface area contributed by atoms with E-state index >= 15 is 0 Å². The second-order valence-electron chi connectivity index (χ2n) is 8.94. The minimum absolute atomic E-state index is 0.0130. The van der Waals surface area contributed by atoms with Gasteiger partial charge >= 0.3 is 0 Å². The zero-order valence-corrected chi connectivity index (χ0v) is 20.7. The molecule has 1 N–H and O–H groups in total. The monoisotopic (exact) mass is 485 g/mol. The van der Waals surface area contributed by atoms with Crippen LogP contribution in [-0.2, 0) is 9.53 Å². The number of nitrogens with zero attached hydrogens (tertiary/aromatic N) is 2. The summed E-state index contributed by atoms with van der Waals surface area (Å²) in [7, 11) is 3.28. The Kier molecular flexibility index (Phi) is 8.45. The first-order valence-corrected chi connectivity index (χ1v) is 11.5. The van der Waals surface area contributed by atoms with Gasteiger partial charge in [0.15, 0.2) is 0 Å². The lowest BCUT2D eigenvalue weighted by Gasteiger charge is -2.35. The minimum Gasteiger partial charge on any atom is -0.491 e. The molecule has 35 heavy (non-hydrogen) atoms. The molecule has 0 aliphatic carbocycles. The van der Waals surface area contributed by atoms with Gasteiger partial charge in [-0.25, -0.2) is 4.39 Å². The van der Waals surface area contributed by atoms with Crippen molar-refractivity contribution in [2.24, 2.45) is 5.92 Å². The molecule has 3 atom stereocenters. The smallest absolute Gasteiger partial charge is 0.257 e. The summed E-state index contributed by atoms with van der Waals surface area (Å²) in [6.07, 6.45) is -0.272. The summed E-state index contributed by atoms with van der Waals surface area (Å²) in [5, 5.41) is 2.71. The van der Waals surface area contributed by atoms with Gasteiger partial charge in [-0.05, 0) is 37.3 Å². The molecule has 188 valence electrons. The maximum Gasteiger partial charge on any atom is 0.257 e. The largest absolute Gasteiger partial charge is 0.491 e. The van der Waals surface area contributed by atoms with Crippen molar-refractivity contribution in [3.05, 3.63) is 59.4 Å². The van der Waals surface area contributed by atoms with Crippen LogP contribution < -0.4 is 10.1 Å². The van der Waals surface area contributed by atoms with Gasteiger partial charge in [0.1, 0.15) is 18.2 Å². The zero-order chi connectivity index (χ0) is 25.7. The first kappa shape index (κ1) is 26.2. The van der Waals surface area contributed by atoms with E-state index in [9.17, 15) is 18.8 Å². The third kappa shape index (κ3) is 6.36. The van der Waals surface area contributed by atoms with Crippen LogP contribution in [0.15, 0.2) is 42.5 Å². The Morgan fingerprint density at radius 2 is 1.89 bits per heavy atom.